The van der Waals surface area contributed by atoms with Crippen LogP contribution in [-0.2, 0) is 14.8 Å². The Labute approximate surface area is 183 Å². The third-order valence-electron chi connectivity index (χ3n) is 5.35. The van der Waals surface area contributed by atoms with Crippen LogP contribution in [0.2, 0.25) is 5.02 Å². The number of benzene rings is 2. The van der Waals surface area contributed by atoms with Crippen LogP contribution in [-0.4, -0.2) is 39.7 Å². The van der Waals surface area contributed by atoms with Gasteiger partial charge in [0, 0.05) is 29.5 Å². The summed E-state index contributed by atoms with van der Waals surface area (Å²) in [5.41, 5.74) is 2.88. The Morgan fingerprint density at radius 1 is 1.10 bits per heavy atom. The molecule has 1 amide bonds. The summed E-state index contributed by atoms with van der Waals surface area (Å²) >= 11 is 6.08. The number of nitrogens with zero attached hydrogens (tertiary/aromatic N) is 2. The molecule has 1 fully saturated rings. The van der Waals surface area contributed by atoms with Crippen LogP contribution in [0.25, 0.3) is 0 Å². The highest BCUT2D eigenvalue weighted by Gasteiger charge is 2.30. The van der Waals surface area contributed by atoms with Gasteiger partial charge in [-0.25, -0.2) is 8.42 Å². The molecule has 1 atom stereocenters. The van der Waals surface area contributed by atoms with Crippen molar-refractivity contribution in [2.75, 3.05) is 33.9 Å². The minimum Gasteiger partial charge on any atom is -0.372 e. The topological polar surface area (TPSA) is 69.7 Å². The number of rotatable bonds is 6. The quantitative estimate of drug-likeness (QED) is 0.708. The van der Waals surface area contributed by atoms with Crippen molar-refractivity contribution in [1.82, 2.24) is 0 Å². The Morgan fingerprint density at radius 2 is 1.73 bits per heavy atom. The monoisotopic (exact) mass is 449 g/mol. The third-order valence-corrected chi connectivity index (χ3v) is 6.82. The van der Waals surface area contributed by atoms with Crippen molar-refractivity contribution in [3.8, 4) is 0 Å². The van der Waals surface area contributed by atoms with Gasteiger partial charge >= 0.3 is 0 Å². The zero-order valence-electron chi connectivity index (χ0n) is 17.6. The lowest BCUT2D eigenvalue weighted by Gasteiger charge is -2.30. The van der Waals surface area contributed by atoms with Crippen molar-refractivity contribution in [1.29, 1.82) is 0 Å². The number of amides is 1. The average molecular weight is 450 g/mol. The normalized spacial score (nSPS) is 15.5. The van der Waals surface area contributed by atoms with E-state index in [1.54, 1.807) is 32.0 Å². The molecule has 1 aliphatic heterocycles. The molecule has 0 unspecified atom stereocenters. The summed E-state index contributed by atoms with van der Waals surface area (Å²) in [6.45, 7) is 5.45. The number of carbonyl (C=O) groups is 1. The highest BCUT2D eigenvalue weighted by molar-refractivity contribution is 7.92. The molecule has 1 heterocycles. The van der Waals surface area contributed by atoms with Gasteiger partial charge in [-0.05, 0) is 75.1 Å². The van der Waals surface area contributed by atoms with Crippen molar-refractivity contribution in [2.24, 2.45) is 0 Å². The number of sulfonamides is 1. The van der Waals surface area contributed by atoms with Gasteiger partial charge in [0.25, 0.3) is 0 Å². The molecule has 0 aliphatic carbocycles. The molecule has 1 saturated heterocycles. The smallest absolute Gasteiger partial charge is 0.247 e. The molecule has 2 aromatic rings. The maximum Gasteiger partial charge on any atom is 0.247 e. The zero-order chi connectivity index (χ0) is 21.9. The first kappa shape index (κ1) is 22.4. The molecule has 8 heteroatoms. The van der Waals surface area contributed by atoms with E-state index in [9.17, 15) is 13.2 Å². The van der Waals surface area contributed by atoms with Crippen molar-refractivity contribution in [3.05, 3.63) is 53.1 Å². The highest BCUT2D eigenvalue weighted by Crippen LogP contribution is 2.29. The molecule has 0 saturated carbocycles. The fourth-order valence-electron chi connectivity index (χ4n) is 3.76. The Balaban J connectivity index is 1.78. The fourth-order valence-corrected chi connectivity index (χ4v) is 5.15. The van der Waals surface area contributed by atoms with Crippen molar-refractivity contribution < 1.29 is 13.2 Å². The van der Waals surface area contributed by atoms with Crippen LogP contribution in [0.15, 0.2) is 42.5 Å². The second-order valence-corrected chi connectivity index (χ2v) is 10.0. The number of piperidine rings is 1. The summed E-state index contributed by atoms with van der Waals surface area (Å²) in [7, 11) is -3.71. The van der Waals surface area contributed by atoms with Crippen molar-refractivity contribution >= 4 is 44.6 Å². The molecule has 1 aliphatic rings. The van der Waals surface area contributed by atoms with Crippen LogP contribution in [0.1, 0.15) is 31.7 Å². The molecule has 0 radical (unpaired) electrons. The predicted molar refractivity (Wildman–Crippen MR) is 124 cm³/mol. The molecule has 0 bridgehead atoms. The third kappa shape index (κ3) is 5.26. The van der Waals surface area contributed by atoms with Crippen LogP contribution < -0.4 is 14.5 Å². The molecule has 3 rings (SSSR count). The lowest BCUT2D eigenvalue weighted by Crippen LogP contribution is -2.45. The SMILES string of the molecule is Cc1ccc(Cl)cc1N([C@@H](C)C(=O)Nc1ccc(N2CCCCC2)cc1)S(C)(=O)=O. The van der Waals surface area contributed by atoms with E-state index in [0.717, 1.165) is 34.9 Å². The van der Waals surface area contributed by atoms with E-state index in [1.807, 2.05) is 24.3 Å². The average Bonchev–Trinajstić information content (AvgIpc) is 2.71. The van der Waals surface area contributed by atoms with Gasteiger partial charge in [0.05, 0.1) is 11.9 Å². The lowest BCUT2D eigenvalue weighted by molar-refractivity contribution is -0.116. The lowest BCUT2D eigenvalue weighted by atomic mass is 10.1. The van der Waals surface area contributed by atoms with Gasteiger partial charge in [-0.15, -0.1) is 0 Å². The number of nitrogens with one attached hydrogen (secondary N) is 1. The molecule has 6 nitrogen and oxygen atoms in total. The molecule has 0 spiro atoms. The minimum absolute atomic E-state index is 0.396. The first-order valence-electron chi connectivity index (χ1n) is 10.1. The van der Waals surface area contributed by atoms with Gasteiger partial charge in [0.1, 0.15) is 6.04 Å². The predicted octanol–water partition coefficient (Wildman–Crippen LogP) is 4.43. The van der Waals surface area contributed by atoms with Gasteiger partial charge in [-0.2, -0.15) is 0 Å². The van der Waals surface area contributed by atoms with E-state index in [-0.39, 0.29) is 0 Å². The Morgan fingerprint density at radius 3 is 2.33 bits per heavy atom. The van der Waals surface area contributed by atoms with Crippen LogP contribution in [0.4, 0.5) is 17.1 Å². The standard InChI is InChI=1S/C22H28ClN3O3S/c1-16-7-8-18(23)15-21(16)26(30(3,28)29)17(2)22(27)24-19-9-11-20(12-10-19)25-13-5-4-6-14-25/h7-12,15,17H,4-6,13-14H2,1-3H3,(H,24,27)/t17-/m0/s1. The molecule has 30 heavy (non-hydrogen) atoms. The van der Waals surface area contributed by atoms with Crippen LogP contribution in [0.5, 0.6) is 0 Å². The number of anilines is 3. The van der Waals surface area contributed by atoms with Crippen LogP contribution >= 0.6 is 11.6 Å². The van der Waals surface area contributed by atoms with E-state index >= 15 is 0 Å². The molecular formula is C22H28ClN3O3S. The van der Waals surface area contributed by atoms with E-state index in [2.05, 4.69) is 10.2 Å². The Kier molecular flexibility index (Phi) is 6.93. The maximum absolute atomic E-state index is 12.9. The Bertz CT molecular complexity index is 1000. The van der Waals surface area contributed by atoms with Crippen molar-refractivity contribution in [2.45, 2.75) is 39.2 Å². The van der Waals surface area contributed by atoms with Crippen molar-refractivity contribution in [3.63, 3.8) is 0 Å². The molecular weight excluding hydrogens is 422 g/mol. The first-order chi connectivity index (χ1) is 14.2. The molecule has 1 N–H and O–H groups in total. The minimum atomic E-state index is -3.71. The van der Waals surface area contributed by atoms with Gasteiger partial charge in [0.15, 0.2) is 0 Å². The van der Waals surface area contributed by atoms with E-state index < -0.39 is 22.0 Å². The highest BCUT2D eigenvalue weighted by atomic mass is 35.5. The first-order valence-corrected chi connectivity index (χ1v) is 12.3. The summed E-state index contributed by atoms with van der Waals surface area (Å²) in [6, 6.07) is 11.7. The number of carbonyl (C=O) groups excluding carboxylic acids is 1. The number of hydrogen-bond donors (Lipinski definition) is 1. The number of aryl methyl sites for hydroxylation is 1. The molecule has 0 aromatic heterocycles. The fraction of sp³-hybridized carbons (Fsp3) is 0.409. The van der Waals surface area contributed by atoms with Gasteiger partial charge in [-0.1, -0.05) is 17.7 Å². The summed E-state index contributed by atoms with van der Waals surface area (Å²) < 4.78 is 26.1. The van der Waals surface area contributed by atoms with Crippen LogP contribution in [0.3, 0.4) is 0 Å². The maximum atomic E-state index is 12.9. The summed E-state index contributed by atoms with van der Waals surface area (Å²) in [4.78, 5) is 15.2. The number of halogens is 1. The van der Waals surface area contributed by atoms with E-state index in [1.165, 1.54) is 19.3 Å². The second-order valence-electron chi connectivity index (χ2n) is 7.75. The Hall–Kier alpha value is -2.25. The van der Waals surface area contributed by atoms with Crippen LogP contribution in [0, 0.1) is 6.92 Å². The molecule has 2 aromatic carbocycles. The summed E-state index contributed by atoms with van der Waals surface area (Å²) in [5, 5.41) is 3.24. The summed E-state index contributed by atoms with van der Waals surface area (Å²) in [6.07, 6.45) is 4.75. The van der Waals surface area contributed by atoms with E-state index in [0.29, 0.717) is 16.4 Å². The van der Waals surface area contributed by atoms with Gasteiger partial charge < -0.3 is 10.2 Å². The zero-order valence-corrected chi connectivity index (χ0v) is 19.1. The summed E-state index contributed by atoms with van der Waals surface area (Å²) in [5.74, 6) is -0.412. The van der Waals surface area contributed by atoms with Gasteiger partial charge in [0.2, 0.25) is 15.9 Å². The van der Waals surface area contributed by atoms with E-state index in [4.69, 9.17) is 11.6 Å². The van der Waals surface area contributed by atoms with Gasteiger partial charge in [-0.3, -0.25) is 9.10 Å². The number of hydrogen-bond acceptors (Lipinski definition) is 4. The second kappa shape index (κ2) is 9.27. The molecule has 162 valence electrons. The largest absolute Gasteiger partial charge is 0.372 e.